The van der Waals surface area contributed by atoms with Gasteiger partial charge in [0.2, 0.25) is 0 Å². The maximum Gasteiger partial charge on any atom is 0.123 e. The number of nitrogens with zero attached hydrogens (tertiary/aromatic N) is 1. The van der Waals surface area contributed by atoms with Crippen molar-refractivity contribution in [3.8, 4) is 0 Å². The lowest BCUT2D eigenvalue weighted by Crippen LogP contribution is -2.33. The lowest BCUT2D eigenvalue weighted by Gasteiger charge is -2.19. The average Bonchev–Trinajstić information content (AvgIpc) is 2.44. The molecule has 0 saturated carbocycles. The van der Waals surface area contributed by atoms with Gasteiger partial charge in [-0.05, 0) is 60.8 Å². The van der Waals surface area contributed by atoms with Crippen LogP contribution in [0.25, 0.3) is 0 Å². The van der Waals surface area contributed by atoms with Crippen LogP contribution in [0, 0.1) is 5.82 Å². The van der Waals surface area contributed by atoms with Gasteiger partial charge in [-0.2, -0.15) is 0 Å². The lowest BCUT2D eigenvalue weighted by molar-refractivity contribution is 0.518. The number of hydrogen-bond acceptors (Lipinski definition) is 2. The second-order valence-electron chi connectivity index (χ2n) is 4.75. The van der Waals surface area contributed by atoms with Crippen LogP contribution in [-0.4, -0.2) is 17.6 Å². The normalized spacial score (nSPS) is 12.3. The van der Waals surface area contributed by atoms with E-state index in [0.29, 0.717) is 0 Å². The standard InChI is InChI=1S/C16H18BrFN2/c1-2-20-15(9-12-5-7-19-8-6-12)11-13-10-14(18)3-4-16(13)17/h3-8,10,15,20H,2,9,11H2,1H3. The Labute approximate surface area is 127 Å². The zero-order chi connectivity index (χ0) is 14.4. The second kappa shape index (κ2) is 7.50. The second-order valence-corrected chi connectivity index (χ2v) is 5.61. The van der Waals surface area contributed by atoms with Crippen molar-refractivity contribution in [3.63, 3.8) is 0 Å². The van der Waals surface area contributed by atoms with E-state index in [0.717, 1.165) is 29.4 Å². The van der Waals surface area contributed by atoms with Gasteiger partial charge in [0.05, 0.1) is 0 Å². The first-order valence-corrected chi connectivity index (χ1v) is 7.54. The van der Waals surface area contributed by atoms with Gasteiger partial charge >= 0.3 is 0 Å². The summed E-state index contributed by atoms with van der Waals surface area (Å²) >= 11 is 3.49. The van der Waals surface area contributed by atoms with Crippen molar-refractivity contribution in [1.29, 1.82) is 0 Å². The van der Waals surface area contributed by atoms with Crippen molar-refractivity contribution in [2.24, 2.45) is 0 Å². The third-order valence-corrected chi connectivity index (χ3v) is 3.97. The molecule has 1 unspecified atom stereocenters. The number of halogens is 2. The smallest absolute Gasteiger partial charge is 0.123 e. The number of nitrogens with one attached hydrogen (secondary N) is 1. The van der Waals surface area contributed by atoms with E-state index in [1.54, 1.807) is 24.5 Å². The number of rotatable bonds is 6. The summed E-state index contributed by atoms with van der Waals surface area (Å²) < 4.78 is 14.3. The molecular weight excluding hydrogens is 319 g/mol. The SMILES string of the molecule is CCNC(Cc1ccncc1)Cc1cc(F)ccc1Br. The average molecular weight is 337 g/mol. The highest BCUT2D eigenvalue weighted by atomic mass is 79.9. The zero-order valence-electron chi connectivity index (χ0n) is 11.4. The van der Waals surface area contributed by atoms with E-state index >= 15 is 0 Å². The Balaban J connectivity index is 2.11. The van der Waals surface area contributed by atoms with E-state index in [9.17, 15) is 4.39 Å². The van der Waals surface area contributed by atoms with Crippen molar-refractivity contribution in [1.82, 2.24) is 10.3 Å². The fourth-order valence-electron chi connectivity index (χ4n) is 2.27. The molecule has 0 amide bonds. The van der Waals surface area contributed by atoms with Crippen LogP contribution < -0.4 is 5.32 Å². The van der Waals surface area contributed by atoms with Crippen molar-refractivity contribution in [3.05, 3.63) is 64.1 Å². The molecule has 0 aliphatic carbocycles. The Morgan fingerprint density at radius 3 is 2.65 bits per heavy atom. The summed E-state index contributed by atoms with van der Waals surface area (Å²) in [7, 11) is 0. The van der Waals surface area contributed by atoms with E-state index in [1.165, 1.54) is 11.6 Å². The van der Waals surface area contributed by atoms with Gasteiger partial charge in [-0.1, -0.05) is 22.9 Å². The molecule has 1 atom stereocenters. The number of benzene rings is 1. The maximum absolute atomic E-state index is 13.4. The summed E-state index contributed by atoms with van der Waals surface area (Å²) in [5.41, 5.74) is 2.23. The van der Waals surface area contributed by atoms with E-state index in [-0.39, 0.29) is 11.9 Å². The summed E-state index contributed by atoms with van der Waals surface area (Å²) in [4.78, 5) is 4.03. The number of likely N-dealkylation sites (N-methyl/N-ethyl adjacent to an activating group) is 1. The number of pyridine rings is 1. The summed E-state index contributed by atoms with van der Waals surface area (Å²) in [6.07, 6.45) is 5.29. The molecule has 106 valence electrons. The molecule has 0 aliphatic rings. The molecule has 0 saturated heterocycles. The third kappa shape index (κ3) is 4.39. The molecule has 2 nitrogen and oxygen atoms in total. The maximum atomic E-state index is 13.4. The van der Waals surface area contributed by atoms with Gasteiger partial charge in [-0.3, -0.25) is 4.98 Å². The quantitative estimate of drug-likeness (QED) is 0.868. The van der Waals surface area contributed by atoms with Crippen LogP contribution in [0.15, 0.2) is 47.2 Å². The highest BCUT2D eigenvalue weighted by Gasteiger charge is 2.12. The van der Waals surface area contributed by atoms with Gasteiger partial charge in [-0.25, -0.2) is 4.39 Å². The number of aromatic nitrogens is 1. The molecule has 1 heterocycles. The van der Waals surface area contributed by atoms with Gasteiger partial charge < -0.3 is 5.32 Å². The van der Waals surface area contributed by atoms with Crippen molar-refractivity contribution >= 4 is 15.9 Å². The summed E-state index contributed by atoms with van der Waals surface area (Å²) in [5.74, 6) is -0.192. The summed E-state index contributed by atoms with van der Waals surface area (Å²) in [6, 6.07) is 9.15. The highest BCUT2D eigenvalue weighted by molar-refractivity contribution is 9.10. The molecule has 1 aromatic carbocycles. The van der Waals surface area contributed by atoms with Crippen molar-refractivity contribution < 1.29 is 4.39 Å². The minimum absolute atomic E-state index is 0.192. The summed E-state index contributed by atoms with van der Waals surface area (Å²) in [6.45, 7) is 2.98. The van der Waals surface area contributed by atoms with Gasteiger partial charge in [-0.15, -0.1) is 0 Å². The first-order chi connectivity index (χ1) is 9.69. The Bertz CT molecular complexity index is 545. The Morgan fingerprint density at radius 1 is 1.20 bits per heavy atom. The first-order valence-electron chi connectivity index (χ1n) is 6.75. The molecule has 1 N–H and O–H groups in total. The van der Waals surface area contributed by atoms with Gasteiger partial charge in [0, 0.05) is 22.9 Å². The Morgan fingerprint density at radius 2 is 1.95 bits per heavy atom. The fourth-order valence-corrected chi connectivity index (χ4v) is 2.68. The van der Waals surface area contributed by atoms with Crippen LogP contribution in [0.4, 0.5) is 4.39 Å². The van der Waals surface area contributed by atoms with Crippen LogP contribution in [-0.2, 0) is 12.8 Å². The minimum atomic E-state index is -0.192. The van der Waals surface area contributed by atoms with E-state index in [4.69, 9.17) is 0 Å². The third-order valence-electron chi connectivity index (χ3n) is 3.20. The van der Waals surface area contributed by atoms with E-state index in [2.05, 4.69) is 33.2 Å². The molecule has 0 aliphatic heterocycles. The van der Waals surface area contributed by atoms with Crippen molar-refractivity contribution in [2.45, 2.75) is 25.8 Å². The molecule has 1 aromatic heterocycles. The highest BCUT2D eigenvalue weighted by Crippen LogP contribution is 2.20. The van der Waals surface area contributed by atoms with E-state index < -0.39 is 0 Å². The summed E-state index contributed by atoms with van der Waals surface area (Å²) in [5, 5.41) is 3.46. The number of hydrogen-bond donors (Lipinski definition) is 1. The monoisotopic (exact) mass is 336 g/mol. The van der Waals surface area contributed by atoms with Gasteiger partial charge in [0.1, 0.15) is 5.82 Å². The van der Waals surface area contributed by atoms with Crippen LogP contribution >= 0.6 is 15.9 Å². The fraction of sp³-hybridized carbons (Fsp3) is 0.312. The van der Waals surface area contributed by atoms with Crippen LogP contribution in [0.5, 0.6) is 0 Å². The van der Waals surface area contributed by atoms with Crippen molar-refractivity contribution in [2.75, 3.05) is 6.54 Å². The zero-order valence-corrected chi connectivity index (χ0v) is 13.0. The lowest BCUT2D eigenvalue weighted by atomic mass is 9.99. The van der Waals surface area contributed by atoms with Crippen LogP contribution in [0.1, 0.15) is 18.1 Å². The molecule has 4 heteroatoms. The minimum Gasteiger partial charge on any atom is -0.314 e. The molecule has 0 spiro atoms. The van der Waals surface area contributed by atoms with Crippen LogP contribution in [0.3, 0.4) is 0 Å². The molecule has 0 fully saturated rings. The molecule has 20 heavy (non-hydrogen) atoms. The molecule has 0 radical (unpaired) electrons. The van der Waals surface area contributed by atoms with Gasteiger partial charge in [0.25, 0.3) is 0 Å². The largest absolute Gasteiger partial charge is 0.314 e. The first kappa shape index (κ1) is 15.1. The molecule has 2 aromatic rings. The Hall–Kier alpha value is -1.26. The van der Waals surface area contributed by atoms with E-state index in [1.807, 2.05) is 12.1 Å². The van der Waals surface area contributed by atoms with Gasteiger partial charge in [0.15, 0.2) is 0 Å². The predicted octanol–water partition coefficient (Wildman–Crippen LogP) is 3.75. The Kier molecular flexibility index (Phi) is 5.68. The topological polar surface area (TPSA) is 24.9 Å². The van der Waals surface area contributed by atoms with Crippen LogP contribution in [0.2, 0.25) is 0 Å². The predicted molar refractivity (Wildman–Crippen MR) is 83.2 cm³/mol. The molecule has 0 bridgehead atoms. The molecule has 2 rings (SSSR count). The molecular formula is C16H18BrFN2.